The van der Waals surface area contributed by atoms with Gasteiger partial charge < -0.3 is 20.2 Å². The maximum atomic E-state index is 6.06. The predicted octanol–water partition coefficient (Wildman–Crippen LogP) is 3.03. The number of nitrogen functional groups attached to an aromatic ring is 1. The third-order valence-corrected chi connectivity index (χ3v) is 4.71. The summed E-state index contributed by atoms with van der Waals surface area (Å²) in [7, 11) is 3.56. The number of hydrogen-bond acceptors (Lipinski definition) is 6. The van der Waals surface area contributed by atoms with Crippen molar-refractivity contribution in [3.8, 4) is 11.3 Å². The fourth-order valence-electron chi connectivity index (χ4n) is 3.18. The second-order valence-electron chi connectivity index (χ2n) is 6.77. The van der Waals surface area contributed by atoms with Gasteiger partial charge >= 0.3 is 0 Å². The maximum absolute atomic E-state index is 6.06. The van der Waals surface area contributed by atoms with Gasteiger partial charge in [-0.2, -0.15) is 5.10 Å². The van der Waals surface area contributed by atoms with Crippen LogP contribution < -0.4 is 11.1 Å². The Bertz CT molecular complexity index is 1110. The number of nitrogens with zero attached hydrogens (tertiary/aromatic N) is 5. The van der Waals surface area contributed by atoms with Crippen LogP contribution in [0, 0.1) is 0 Å². The summed E-state index contributed by atoms with van der Waals surface area (Å²) in [5.74, 6) is 0.917. The second-order valence-corrected chi connectivity index (χ2v) is 6.77. The molecule has 4 rings (SSSR count). The molecular formula is C20H23N7O. The summed E-state index contributed by atoms with van der Waals surface area (Å²) in [6, 6.07) is 8.33. The lowest BCUT2D eigenvalue weighted by Gasteiger charge is -2.17. The number of pyridine rings is 1. The van der Waals surface area contributed by atoms with Gasteiger partial charge in [0.2, 0.25) is 0 Å². The van der Waals surface area contributed by atoms with Crippen LogP contribution in [0.1, 0.15) is 24.2 Å². The molecule has 4 aromatic rings. The molecule has 0 fully saturated rings. The highest BCUT2D eigenvalue weighted by Gasteiger charge is 2.13. The first-order valence-electron chi connectivity index (χ1n) is 9.02. The molecule has 28 heavy (non-hydrogen) atoms. The molecule has 0 aliphatic rings. The SMILES string of the molecule is COCc1ccc2ccc([C@H](C)Nc3nc(-c4cnn(C)c4)cnc3N)cn12. The zero-order valence-electron chi connectivity index (χ0n) is 16.1. The highest BCUT2D eigenvalue weighted by atomic mass is 16.5. The van der Waals surface area contributed by atoms with Crippen molar-refractivity contribution in [3.05, 3.63) is 60.3 Å². The average Bonchev–Trinajstić information content (AvgIpc) is 3.30. The monoisotopic (exact) mass is 377 g/mol. The van der Waals surface area contributed by atoms with E-state index >= 15 is 0 Å². The minimum atomic E-state index is -0.0112. The van der Waals surface area contributed by atoms with E-state index in [1.54, 1.807) is 24.2 Å². The summed E-state index contributed by atoms with van der Waals surface area (Å²) < 4.78 is 9.15. The van der Waals surface area contributed by atoms with Crippen LogP contribution in [0.4, 0.5) is 11.6 Å². The van der Waals surface area contributed by atoms with E-state index in [9.17, 15) is 0 Å². The number of hydrogen-bond donors (Lipinski definition) is 2. The van der Waals surface area contributed by atoms with Crippen LogP contribution >= 0.6 is 0 Å². The second kappa shape index (κ2) is 7.32. The van der Waals surface area contributed by atoms with Crippen molar-refractivity contribution in [1.29, 1.82) is 0 Å². The van der Waals surface area contributed by atoms with E-state index in [4.69, 9.17) is 10.5 Å². The fraction of sp³-hybridized carbons (Fsp3) is 0.250. The number of nitrogens with one attached hydrogen (secondary N) is 1. The van der Waals surface area contributed by atoms with Gasteiger partial charge in [-0.1, -0.05) is 6.07 Å². The van der Waals surface area contributed by atoms with Crippen LogP contribution in [-0.2, 0) is 18.4 Å². The molecule has 144 valence electrons. The predicted molar refractivity (Wildman–Crippen MR) is 109 cm³/mol. The first-order valence-corrected chi connectivity index (χ1v) is 9.02. The van der Waals surface area contributed by atoms with E-state index in [1.165, 1.54) is 0 Å². The quantitative estimate of drug-likeness (QED) is 0.536. The Kier molecular flexibility index (Phi) is 4.70. The Morgan fingerprint density at radius 1 is 1.18 bits per heavy atom. The number of rotatable bonds is 6. The molecule has 0 unspecified atom stereocenters. The topological polar surface area (TPSA) is 95.3 Å². The normalized spacial score (nSPS) is 12.4. The van der Waals surface area contributed by atoms with E-state index in [1.807, 2.05) is 13.2 Å². The Morgan fingerprint density at radius 2 is 2.00 bits per heavy atom. The Balaban J connectivity index is 1.62. The third-order valence-electron chi connectivity index (χ3n) is 4.71. The van der Waals surface area contributed by atoms with Gasteiger partial charge in [0.1, 0.15) is 0 Å². The molecule has 0 aliphatic heterocycles. The number of nitrogens with two attached hydrogens (primary N) is 1. The van der Waals surface area contributed by atoms with Crippen molar-refractivity contribution in [3.63, 3.8) is 0 Å². The smallest absolute Gasteiger partial charge is 0.170 e. The molecule has 4 aromatic heterocycles. The van der Waals surface area contributed by atoms with Crippen LogP contribution in [0.15, 0.2) is 49.1 Å². The van der Waals surface area contributed by atoms with Crippen molar-refractivity contribution in [2.45, 2.75) is 19.6 Å². The Morgan fingerprint density at radius 3 is 2.75 bits per heavy atom. The van der Waals surface area contributed by atoms with Crippen LogP contribution in [-0.4, -0.2) is 31.3 Å². The van der Waals surface area contributed by atoms with Gasteiger partial charge in [-0.3, -0.25) is 4.68 Å². The van der Waals surface area contributed by atoms with Gasteiger partial charge in [0, 0.05) is 43.3 Å². The van der Waals surface area contributed by atoms with Gasteiger partial charge in [0.15, 0.2) is 11.6 Å². The van der Waals surface area contributed by atoms with Crippen LogP contribution in [0.5, 0.6) is 0 Å². The zero-order valence-corrected chi connectivity index (χ0v) is 16.1. The number of anilines is 2. The van der Waals surface area contributed by atoms with Gasteiger partial charge in [-0.25, -0.2) is 9.97 Å². The summed E-state index contributed by atoms with van der Waals surface area (Å²) in [4.78, 5) is 8.93. The van der Waals surface area contributed by atoms with Gasteiger partial charge in [-0.05, 0) is 30.7 Å². The Hall–Kier alpha value is -3.39. The molecule has 1 atom stereocenters. The van der Waals surface area contributed by atoms with Crippen molar-refractivity contribution < 1.29 is 4.74 Å². The fourth-order valence-corrected chi connectivity index (χ4v) is 3.18. The van der Waals surface area contributed by atoms with Gasteiger partial charge in [-0.15, -0.1) is 0 Å². The van der Waals surface area contributed by atoms with Crippen LogP contribution in [0.2, 0.25) is 0 Å². The molecule has 0 saturated heterocycles. The van der Waals surface area contributed by atoms with E-state index in [0.29, 0.717) is 18.2 Å². The van der Waals surface area contributed by atoms with Crippen LogP contribution in [0.3, 0.4) is 0 Å². The first-order chi connectivity index (χ1) is 13.5. The van der Waals surface area contributed by atoms with E-state index in [0.717, 1.165) is 28.0 Å². The molecule has 8 heteroatoms. The molecule has 4 heterocycles. The molecule has 0 bridgehead atoms. The molecule has 8 nitrogen and oxygen atoms in total. The molecule has 0 aliphatic carbocycles. The lowest BCUT2D eigenvalue weighted by molar-refractivity contribution is 0.181. The maximum Gasteiger partial charge on any atom is 0.170 e. The average molecular weight is 377 g/mol. The highest BCUT2D eigenvalue weighted by Crippen LogP contribution is 2.25. The lowest BCUT2D eigenvalue weighted by Crippen LogP contribution is -2.12. The molecule has 0 radical (unpaired) electrons. The third kappa shape index (κ3) is 3.41. The lowest BCUT2D eigenvalue weighted by atomic mass is 10.1. The number of methoxy groups -OCH3 is 1. The largest absolute Gasteiger partial charge is 0.381 e. The Labute approximate surface area is 163 Å². The van der Waals surface area contributed by atoms with Gasteiger partial charge in [0.25, 0.3) is 0 Å². The van der Waals surface area contributed by atoms with Crippen molar-refractivity contribution in [2.24, 2.45) is 7.05 Å². The molecule has 3 N–H and O–H groups in total. The van der Waals surface area contributed by atoms with E-state index < -0.39 is 0 Å². The van der Waals surface area contributed by atoms with Crippen LogP contribution in [0.25, 0.3) is 16.8 Å². The van der Waals surface area contributed by atoms with Crippen molar-refractivity contribution >= 4 is 17.2 Å². The minimum absolute atomic E-state index is 0.0112. The molecule has 0 spiro atoms. The molecular weight excluding hydrogens is 354 g/mol. The molecule has 0 amide bonds. The van der Waals surface area contributed by atoms with E-state index in [2.05, 4.69) is 62.2 Å². The van der Waals surface area contributed by atoms with E-state index in [-0.39, 0.29) is 6.04 Å². The number of ether oxygens (including phenoxy) is 1. The summed E-state index contributed by atoms with van der Waals surface area (Å²) >= 11 is 0. The number of fused-ring (bicyclic) bond motifs is 1. The zero-order chi connectivity index (χ0) is 19.7. The summed E-state index contributed by atoms with van der Waals surface area (Å²) in [5, 5.41) is 7.57. The molecule has 0 aromatic carbocycles. The number of aryl methyl sites for hydroxylation is 1. The standard InChI is InChI=1S/C20H23N7O/c1-13(14-4-5-16-6-7-17(12-28-3)27(16)11-14)24-20-19(21)22-9-18(25-20)15-8-23-26(2)10-15/h4-11,13H,12H2,1-3H3,(H2,21,22)(H,24,25)/t13-/m0/s1. The van der Waals surface area contributed by atoms with Crippen molar-refractivity contribution in [1.82, 2.24) is 24.1 Å². The van der Waals surface area contributed by atoms with Gasteiger partial charge in [0.05, 0.1) is 30.7 Å². The summed E-state index contributed by atoms with van der Waals surface area (Å²) in [5.41, 5.74) is 11.0. The minimum Gasteiger partial charge on any atom is -0.381 e. The number of aromatic nitrogens is 5. The molecule has 0 saturated carbocycles. The highest BCUT2D eigenvalue weighted by molar-refractivity contribution is 5.65. The summed E-state index contributed by atoms with van der Waals surface area (Å²) in [6.45, 7) is 2.63. The van der Waals surface area contributed by atoms with Crippen molar-refractivity contribution in [2.75, 3.05) is 18.2 Å². The first kappa shape index (κ1) is 18.0. The summed E-state index contributed by atoms with van der Waals surface area (Å²) in [6.07, 6.45) is 7.41.